The smallest absolute Gasteiger partial charge is 0.264 e. The van der Waals surface area contributed by atoms with Crippen molar-refractivity contribution in [2.45, 2.75) is 18.4 Å². The normalized spacial score (nSPS) is 11.4. The summed E-state index contributed by atoms with van der Waals surface area (Å²) in [7, 11) is -3.68. The van der Waals surface area contributed by atoms with Crippen molar-refractivity contribution in [3.05, 3.63) is 59.1 Å². The van der Waals surface area contributed by atoms with Gasteiger partial charge in [-0.05, 0) is 36.8 Å². The molecule has 0 bridgehead atoms. The number of para-hydroxylation sites is 1. The number of rotatable bonds is 5. The largest absolute Gasteiger partial charge is 0.392 e. The zero-order valence-electron chi connectivity index (χ0n) is 11.5. The Hall–Kier alpha value is -1.56. The molecule has 21 heavy (non-hydrogen) atoms. The van der Waals surface area contributed by atoms with E-state index in [0.29, 0.717) is 17.8 Å². The maximum absolute atomic E-state index is 12.7. The molecule has 0 aromatic heterocycles. The summed E-state index contributed by atoms with van der Waals surface area (Å²) in [5.41, 5.74) is 1.10. The second kappa shape index (κ2) is 6.47. The summed E-state index contributed by atoms with van der Waals surface area (Å²) in [6, 6.07) is 13.2. The lowest BCUT2D eigenvalue weighted by Gasteiger charge is -2.23. The monoisotopic (exact) mass is 325 g/mol. The number of halogens is 1. The van der Waals surface area contributed by atoms with Gasteiger partial charge in [0.25, 0.3) is 10.0 Å². The fraction of sp³-hybridized carbons (Fsp3) is 0.200. The Labute approximate surface area is 129 Å². The number of aliphatic hydroxyl groups is 1. The van der Waals surface area contributed by atoms with E-state index in [0.717, 1.165) is 0 Å². The molecule has 0 atom stereocenters. The van der Waals surface area contributed by atoms with Crippen LogP contribution in [0.4, 0.5) is 5.69 Å². The fourth-order valence-corrected chi connectivity index (χ4v) is 3.83. The average Bonchev–Trinajstić information content (AvgIpc) is 2.48. The Morgan fingerprint density at radius 1 is 1.14 bits per heavy atom. The van der Waals surface area contributed by atoms with Gasteiger partial charge in [-0.3, -0.25) is 4.31 Å². The number of nitrogens with zero attached hydrogens (tertiary/aromatic N) is 1. The van der Waals surface area contributed by atoms with Crippen molar-refractivity contribution >= 4 is 27.3 Å². The van der Waals surface area contributed by atoms with E-state index in [9.17, 15) is 8.42 Å². The maximum Gasteiger partial charge on any atom is 0.264 e. The summed E-state index contributed by atoms with van der Waals surface area (Å²) >= 11 is 5.99. The van der Waals surface area contributed by atoms with Crippen molar-refractivity contribution in [2.75, 3.05) is 10.8 Å². The predicted molar refractivity (Wildman–Crippen MR) is 84.0 cm³/mol. The van der Waals surface area contributed by atoms with Gasteiger partial charge in [-0.25, -0.2) is 8.42 Å². The standard InChI is InChI=1S/C15H16ClNO3S/c1-2-17(13-6-4-3-5-7-13)21(19,20)14-9-8-12(11-18)15(16)10-14/h3-10,18H,2,11H2,1H3. The molecule has 6 heteroatoms. The third kappa shape index (κ3) is 3.20. The fourth-order valence-electron chi connectivity index (χ4n) is 2.03. The van der Waals surface area contributed by atoms with Gasteiger partial charge in [0.1, 0.15) is 0 Å². The summed E-state index contributed by atoms with van der Waals surface area (Å²) in [5.74, 6) is 0. The van der Waals surface area contributed by atoms with Crippen LogP contribution in [-0.4, -0.2) is 20.1 Å². The van der Waals surface area contributed by atoms with E-state index >= 15 is 0 Å². The molecule has 4 nitrogen and oxygen atoms in total. The molecule has 1 N–H and O–H groups in total. The van der Waals surface area contributed by atoms with E-state index in [1.807, 2.05) is 6.07 Å². The van der Waals surface area contributed by atoms with Crippen molar-refractivity contribution in [2.24, 2.45) is 0 Å². The first-order valence-electron chi connectivity index (χ1n) is 6.47. The van der Waals surface area contributed by atoms with Crippen LogP contribution in [0.1, 0.15) is 12.5 Å². The lowest BCUT2D eigenvalue weighted by atomic mass is 10.2. The van der Waals surface area contributed by atoms with Gasteiger partial charge in [0.2, 0.25) is 0 Å². The highest BCUT2D eigenvalue weighted by molar-refractivity contribution is 7.92. The van der Waals surface area contributed by atoms with E-state index in [1.165, 1.54) is 22.5 Å². The van der Waals surface area contributed by atoms with Gasteiger partial charge in [-0.2, -0.15) is 0 Å². The van der Waals surface area contributed by atoms with Crippen LogP contribution >= 0.6 is 11.6 Å². The van der Waals surface area contributed by atoms with Gasteiger partial charge in [-0.15, -0.1) is 0 Å². The summed E-state index contributed by atoms with van der Waals surface area (Å²) in [6.45, 7) is 1.86. The van der Waals surface area contributed by atoms with Gasteiger partial charge in [0, 0.05) is 11.6 Å². The highest BCUT2D eigenvalue weighted by atomic mass is 35.5. The Balaban J connectivity index is 2.47. The summed E-state index contributed by atoms with van der Waals surface area (Å²) in [6.07, 6.45) is 0. The zero-order valence-corrected chi connectivity index (χ0v) is 13.1. The van der Waals surface area contributed by atoms with Crippen LogP contribution in [0.25, 0.3) is 0 Å². The molecule has 0 amide bonds. The minimum atomic E-state index is -3.68. The molecule has 0 aliphatic heterocycles. The molecule has 0 unspecified atom stereocenters. The second-order valence-electron chi connectivity index (χ2n) is 4.42. The van der Waals surface area contributed by atoms with Crippen molar-refractivity contribution in [1.29, 1.82) is 0 Å². The van der Waals surface area contributed by atoms with E-state index in [2.05, 4.69) is 0 Å². The van der Waals surface area contributed by atoms with Crippen molar-refractivity contribution in [3.8, 4) is 0 Å². The van der Waals surface area contributed by atoms with Crippen LogP contribution in [0, 0.1) is 0 Å². The van der Waals surface area contributed by atoms with Gasteiger partial charge in [0.05, 0.1) is 17.2 Å². The number of anilines is 1. The van der Waals surface area contributed by atoms with E-state index in [4.69, 9.17) is 16.7 Å². The number of hydrogen-bond acceptors (Lipinski definition) is 3. The van der Waals surface area contributed by atoms with Gasteiger partial charge in [-0.1, -0.05) is 35.9 Å². The first-order chi connectivity index (χ1) is 10.0. The molecule has 0 aliphatic carbocycles. The molecular formula is C15H16ClNO3S. The second-order valence-corrected chi connectivity index (χ2v) is 6.69. The molecule has 0 saturated carbocycles. The first kappa shape index (κ1) is 15.8. The van der Waals surface area contributed by atoms with E-state index in [1.54, 1.807) is 31.2 Å². The number of sulfonamides is 1. The highest BCUT2D eigenvalue weighted by Crippen LogP contribution is 2.26. The minimum Gasteiger partial charge on any atom is -0.392 e. The molecule has 0 saturated heterocycles. The molecule has 0 radical (unpaired) electrons. The number of aliphatic hydroxyl groups excluding tert-OH is 1. The average molecular weight is 326 g/mol. The third-order valence-corrected chi connectivity index (χ3v) is 5.37. The first-order valence-corrected chi connectivity index (χ1v) is 8.29. The quantitative estimate of drug-likeness (QED) is 0.919. The van der Waals surface area contributed by atoms with Gasteiger partial charge < -0.3 is 5.11 Å². The Morgan fingerprint density at radius 2 is 1.81 bits per heavy atom. The Bertz CT molecular complexity index is 717. The Morgan fingerprint density at radius 3 is 2.33 bits per heavy atom. The van der Waals surface area contributed by atoms with Crippen molar-refractivity contribution in [3.63, 3.8) is 0 Å². The minimum absolute atomic E-state index is 0.107. The van der Waals surface area contributed by atoms with Crippen LogP contribution in [0.3, 0.4) is 0 Å². The molecule has 2 aromatic rings. The highest BCUT2D eigenvalue weighted by Gasteiger charge is 2.24. The molecular weight excluding hydrogens is 310 g/mol. The third-order valence-electron chi connectivity index (χ3n) is 3.11. The molecule has 2 aromatic carbocycles. The molecule has 0 spiro atoms. The van der Waals surface area contributed by atoms with Gasteiger partial charge in [0.15, 0.2) is 0 Å². The van der Waals surface area contributed by atoms with Crippen molar-refractivity contribution in [1.82, 2.24) is 0 Å². The van der Waals surface area contributed by atoms with Crippen LogP contribution < -0.4 is 4.31 Å². The zero-order chi connectivity index (χ0) is 15.5. The predicted octanol–water partition coefficient (Wildman–Crippen LogP) is 3.05. The van der Waals surface area contributed by atoms with E-state index in [-0.39, 0.29) is 16.5 Å². The molecule has 0 aliphatic rings. The summed E-state index contributed by atoms with van der Waals surface area (Å²) in [5, 5.41) is 9.34. The van der Waals surface area contributed by atoms with Crippen molar-refractivity contribution < 1.29 is 13.5 Å². The van der Waals surface area contributed by atoms with Gasteiger partial charge >= 0.3 is 0 Å². The molecule has 2 rings (SSSR count). The topological polar surface area (TPSA) is 57.6 Å². The van der Waals surface area contributed by atoms with Crippen LogP contribution in [-0.2, 0) is 16.6 Å². The SMILES string of the molecule is CCN(c1ccccc1)S(=O)(=O)c1ccc(CO)c(Cl)c1. The summed E-state index contributed by atoms with van der Waals surface area (Å²) < 4.78 is 26.8. The lowest BCUT2D eigenvalue weighted by Crippen LogP contribution is -2.30. The molecule has 112 valence electrons. The van der Waals surface area contributed by atoms with Crippen LogP contribution in [0.2, 0.25) is 5.02 Å². The maximum atomic E-state index is 12.7. The van der Waals surface area contributed by atoms with E-state index < -0.39 is 10.0 Å². The number of hydrogen-bond donors (Lipinski definition) is 1. The number of benzene rings is 2. The van der Waals surface area contributed by atoms with Crippen LogP contribution in [0.5, 0.6) is 0 Å². The summed E-state index contributed by atoms with van der Waals surface area (Å²) in [4.78, 5) is 0.107. The Kier molecular flexibility index (Phi) is 4.88. The van der Waals surface area contributed by atoms with Crippen LogP contribution in [0.15, 0.2) is 53.4 Å². The molecule has 0 fully saturated rings. The molecule has 0 heterocycles. The lowest BCUT2D eigenvalue weighted by molar-refractivity contribution is 0.282.